The van der Waals surface area contributed by atoms with Crippen molar-refractivity contribution in [3.63, 3.8) is 0 Å². The summed E-state index contributed by atoms with van der Waals surface area (Å²) in [6.07, 6.45) is 37.0. The van der Waals surface area contributed by atoms with Gasteiger partial charge in [0.2, 0.25) is 0 Å². The molecule has 0 unspecified atom stereocenters. The van der Waals surface area contributed by atoms with Gasteiger partial charge in [0, 0.05) is 39.6 Å². The van der Waals surface area contributed by atoms with Gasteiger partial charge in [0.15, 0.2) is 0 Å². The van der Waals surface area contributed by atoms with Gasteiger partial charge in [0.05, 0.1) is 0 Å². The Labute approximate surface area is 323 Å². The largest absolute Gasteiger partial charge is 0.361 e. The van der Waals surface area contributed by atoms with Crippen LogP contribution >= 0.6 is 0 Å². The number of nitrogens with one attached hydrogen (secondary N) is 2. The minimum atomic E-state index is 1.01. The lowest BCUT2D eigenvalue weighted by Gasteiger charge is -2.24. The van der Waals surface area contributed by atoms with Gasteiger partial charge in [-0.1, -0.05) is 139 Å². The third-order valence-corrected chi connectivity index (χ3v) is 9.49. The zero-order valence-corrected chi connectivity index (χ0v) is 32.9. The second-order valence-corrected chi connectivity index (χ2v) is 13.9. The SMILES string of the molecule is C=C/C=C\C.C=C/C=C\C.C=C1/C=C(c2cc(C)cc(C)c2)\C=C/Nc2cc3c(cc21)CCc1cc2c4c([nH]c2cc1-3)\C=C/C=C(C)\C=C(C)/C=C/C=C\4. The highest BCUT2D eigenvalue weighted by Crippen LogP contribution is 2.42. The van der Waals surface area contributed by atoms with Gasteiger partial charge in [-0.15, -0.1) is 0 Å². The molecule has 3 aromatic carbocycles. The molecule has 0 spiro atoms. The van der Waals surface area contributed by atoms with Crippen molar-refractivity contribution in [3.8, 4) is 11.1 Å². The summed E-state index contributed by atoms with van der Waals surface area (Å²) in [5.74, 6) is 0. The van der Waals surface area contributed by atoms with Crippen LogP contribution in [-0.2, 0) is 12.8 Å². The molecule has 0 atom stereocenters. The van der Waals surface area contributed by atoms with E-state index in [-0.39, 0.29) is 0 Å². The number of H-pyrrole nitrogens is 1. The summed E-state index contributed by atoms with van der Waals surface area (Å²) in [4.78, 5) is 3.73. The molecule has 2 heterocycles. The van der Waals surface area contributed by atoms with Crippen molar-refractivity contribution in [2.45, 2.75) is 54.4 Å². The van der Waals surface area contributed by atoms with Crippen molar-refractivity contribution in [1.82, 2.24) is 4.98 Å². The van der Waals surface area contributed by atoms with Crippen LogP contribution in [0.3, 0.4) is 0 Å². The van der Waals surface area contributed by atoms with Crippen LogP contribution < -0.4 is 5.32 Å². The van der Waals surface area contributed by atoms with E-state index in [9.17, 15) is 0 Å². The van der Waals surface area contributed by atoms with Crippen LogP contribution in [0, 0.1) is 13.8 Å². The van der Waals surface area contributed by atoms with E-state index in [1.54, 1.807) is 12.2 Å². The maximum atomic E-state index is 4.52. The summed E-state index contributed by atoms with van der Waals surface area (Å²) in [6.45, 7) is 24.0. The van der Waals surface area contributed by atoms with E-state index in [2.05, 4.69) is 167 Å². The maximum absolute atomic E-state index is 4.52. The van der Waals surface area contributed by atoms with Gasteiger partial charge in [0.1, 0.15) is 0 Å². The predicted octanol–water partition coefficient (Wildman–Crippen LogP) is 14.6. The Balaban J connectivity index is 0.000000499. The van der Waals surface area contributed by atoms with E-state index in [4.69, 9.17) is 0 Å². The fourth-order valence-electron chi connectivity index (χ4n) is 7.09. The Morgan fingerprint density at radius 3 is 1.98 bits per heavy atom. The van der Waals surface area contributed by atoms with E-state index in [0.29, 0.717) is 0 Å². The number of fused-ring (bicyclic) bond motifs is 7. The number of hydrogen-bond donors (Lipinski definition) is 2. The lowest BCUT2D eigenvalue weighted by atomic mass is 9.82. The van der Waals surface area contributed by atoms with E-state index < -0.39 is 0 Å². The molecule has 0 saturated carbocycles. The zero-order valence-electron chi connectivity index (χ0n) is 32.9. The minimum Gasteiger partial charge on any atom is -0.361 e. The van der Waals surface area contributed by atoms with Gasteiger partial charge in [-0.2, -0.15) is 0 Å². The van der Waals surface area contributed by atoms with Gasteiger partial charge in [0.25, 0.3) is 0 Å². The molecule has 7 rings (SSSR count). The highest BCUT2D eigenvalue weighted by molar-refractivity contribution is 5.99. The normalized spacial score (nSPS) is 19.8. The van der Waals surface area contributed by atoms with Crippen LogP contribution in [0.25, 0.3) is 45.3 Å². The second kappa shape index (κ2) is 18.6. The fraction of sp³-hybridized carbons (Fsp3) is 0.154. The molecule has 0 saturated heterocycles. The van der Waals surface area contributed by atoms with Crippen LogP contribution in [0.2, 0.25) is 0 Å². The molecule has 2 nitrogen and oxygen atoms in total. The average molecular weight is 707 g/mol. The highest BCUT2D eigenvalue weighted by Gasteiger charge is 2.22. The van der Waals surface area contributed by atoms with Crippen molar-refractivity contribution in [3.05, 3.63) is 209 Å². The topological polar surface area (TPSA) is 27.8 Å². The Hall–Kier alpha value is -6.12. The molecule has 1 aromatic heterocycles. The molecular formula is C52H54N2. The first-order valence-corrected chi connectivity index (χ1v) is 18.8. The first-order valence-electron chi connectivity index (χ1n) is 18.8. The Bertz CT molecular complexity index is 2310. The van der Waals surface area contributed by atoms with Crippen molar-refractivity contribution in [2.75, 3.05) is 5.32 Å². The van der Waals surface area contributed by atoms with Crippen LogP contribution in [0.5, 0.6) is 0 Å². The molecule has 2 heteroatoms. The van der Waals surface area contributed by atoms with E-state index >= 15 is 0 Å². The molecule has 0 fully saturated rings. The summed E-state index contributed by atoms with van der Waals surface area (Å²) >= 11 is 0. The molecule has 2 aliphatic carbocycles. The van der Waals surface area contributed by atoms with E-state index in [1.807, 2.05) is 38.2 Å². The quantitative estimate of drug-likeness (QED) is 0.204. The maximum Gasteiger partial charge on any atom is 0.0471 e. The third-order valence-electron chi connectivity index (χ3n) is 9.49. The van der Waals surface area contributed by atoms with Crippen LogP contribution in [0.15, 0.2) is 165 Å². The van der Waals surface area contributed by atoms with Crippen molar-refractivity contribution >= 4 is 39.9 Å². The van der Waals surface area contributed by atoms with Gasteiger partial charge >= 0.3 is 0 Å². The lowest BCUT2D eigenvalue weighted by molar-refractivity contribution is 0.943. The number of aromatic nitrogens is 1. The van der Waals surface area contributed by atoms with Crippen molar-refractivity contribution in [1.29, 1.82) is 0 Å². The molecule has 1 aliphatic heterocycles. The standard InChI is InChI=1S/C42H38N2.2C5H8/c1-26-9-6-7-11-35-39-23-33-14-13-32-22-36-30(5)21-31(34-19-28(3)18-29(4)20-34)15-16-43-41(36)24-37(32)38(33)25-42(39)44-40(35)12-8-10-27(2)17-26;2*1-3-5-4-2/h6-12,15-25,43-44H,5,13-14H2,1-4H3;2*3-5H,1H2,2H3/b7-6?,9-6+,10-8?,11-7-,12-8-,16-15-,26-9?,26-17-,27-10-,27-17?,31-21+,35-11?,40-12?;2*5-4-. The fourth-order valence-corrected chi connectivity index (χ4v) is 7.09. The monoisotopic (exact) mass is 706 g/mol. The summed E-state index contributed by atoms with van der Waals surface area (Å²) < 4.78 is 0. The van der Waals surface area contributed by atoms with Crippen LogP contribution in [-0.4, -0.2) is 4.98 Å². The van der Waals surface area contributed by atoms with Crippen LogP contribution in [0.4, 0.5) is 5.69 Å². The molecule has 54 heavy (non-hydrogen) atoms. The van der Waals surface area contributed by atoms with Crippen molar-refractivity contribution in [2.24, 2.45) is 0 Å². The van der Waals surface area contributed by atoms with E-state index in [1.165, 1.54) is 66.6 Å². The highest BCUT2D eigenvalue weighted by atomic mass is 14.8. The number of rotatable bonds is 3. The summed E-state index contributed by atoms with van der Waals surface area (Å²) in [6, 6.07) is 16.2. The van der Waals surface area contributed by atoms with Gasteiger partial charge in [-0.05, 0) is 136 Å². The third kappa shape index (κ3) is 9.65. The zero-order chi connectivity index (χ0) is 38.6. The lowest BCUT2D eigenvalue weighted by Crippen LogP contribution is -2.07. The first kappa shape index (κ1) is 39.1. The molecule has 2 N–H and O–H groups in total. The molecule has 3 aliphatic rings. The molecule has 0 bridgehead atoms. The molecule has 0 amide bonds. The summed E-state index contributed by atoms with van der Waals surface area (Å²) in [5, 5.41) is 4.87. The Morgan fingerprint density at radius 1 is 0.648 bits per heavy atom. The first-order chi connectivity index (χ1) is 26.1. The van der Waals surface area contributed by atoms with Gasteiger partial charge in [-0.25, -0.2) is 0 Å². The Kier molecular flexibility index (Phi) is 13.5. The smallest absolute Gasteiger partial charge is 0.0471 e. The minimum absolute atomic E-state index is 1.01. The number of aromatic amines is 1. The summed E-state index contributed by atoms with van der Waals surface area (Å²) in [5.41, 5.74) is 19.6. The Morgan fingerprint density at radius 2 is 1.31 bits per heavy atom. The molecule has 0 radical (unpaired) electrons. The second-order valence-electron chi connectivity index (χ2n) is 13.9. The number of hydrogen-bond acceptors (Lipinski definition) is 1. The average Bonchev–Trinajstić information content (AvgIpc) is 3.46. The number of aryl methyl sites for hydroxylation is 4. The molecular weight excluding hydrogens is 653 g/mol. The summed E-state index contributed by atoms with van der Waals surface area (Å²) in [7, 11) is 0. The van der Waals surface area contributed by atoms with Crippen molar-refractivity contribution < 1.29 is 0 Å². The van der Waals surface area contributed by atoms with Crippen LogP contribution in [0.1, 0.15) is 72.3 Å². The predicted molar refractivity (Wildman–Crippen MR) is 242 cm³/mol. The number of allylic oxidation sites excluding steroid dienone is 18. The van der Waals surface area contributed by atoms with Gasteiger partial charge < -0.3 is 10.3 Å². The molecule has 4 aromatic rings. The van der Waals surface area contributed by atoms with Gasteiger partial charge in [-0.3, -0.25) is 0 Å². The molecule has 272 valence electrons. The number of anilines is 1. The van der Waals surface area contributed by atoms with E-state index in [0.717, 1.165) is 40.9 Å². The number of benzene rings is 3.